The lowest BCUT2D eigenvalue weighted by Gasteiger charge is -1.98. The number of pyridine rings is 1. The fourth-order valence-electron chi connectivity index (χ4n) is 0.584. The number of rotatable bonds is 2. The molecule has 0 unspecified atom stereocenters. The maximum Gasteiger partial charge on any atom is 0.140 e. The van der Waals surface area contributed by atoms with E-state index in [4.69, 9.17) is 5.73 Å². The lowest BCUT2D eigenvalue weighted by Crippen LogP contribution is -1.90. The molecule has 0 amide bonds. The number of alkyl halides is 1. The van der Waals surface area contributed by atoms with Crippen molar-refractivity contribution in [1.82, 2.24) is 4.98 Å². The van der Waals surface area contributed by atoms with Crippen molar-refractivity contribution >= 4 is 17.6 Å². The van der Waals surface area contributed by atoms with Crippen LogP contribution in [0.15, 0.2) is 23.2 Å². The van der Waals surface area contributed by atoms with Gasteiger partial charge in [0.15, 0.2) is 0 Å². The second-order valence-corrected chi connectivity index (χ2v) is 2.59. The summed E-state index contributed by atoms with van der Waals surface area (Å²) < 4.78 is 11.7. The van der Waals surface area contributed by atoms with Gasteiger partial charge in [-0.2, -0.15) is 0 Å². The Bertz CT molecular complexity index is 217. The van der Waals surface area contributed by atoms with E-state index in [1.807, 2.05) is 0 Å². The molecular formula is C6H7FN2S. The summed E-state index contributed by atoms with van der Waals surface area (Å²) in [6, 6.07) is 3.01. The molecule has 0 atom stereocenters. The van der Waals surface area contributed by atoms with E-state index in [1.54, 1.807) is 18.3 Å². The second-order valence-electron chi connectivity index (χ2n) is 1.64. The highest BCUT2D eigenvalue weighted by molar-refractivity contribution is 7.99. The Morgan fingerprint density at radius 1 is 1.70 bits per heavy atom. The van der Waals surface area contributed by atoms with Crippen LogP contribution in [-0.4, -0.2) is 11.0 Å². The molecule has 2 nitrogen and oxygen atoms in total. The zero-order valence-corrected chi connectivity index (χ0v) is 6.07. The second kappa shape index (κ2) is 3.41. The Morgan fingerprint density at radius 3 is 3.10 bits per heavy atom. The maximum atomic E-state index is 11.7. The van der Waals surface area contributed by atoms with Crippen LogP contribution in [0.25, 0.3) is 0 Å². The maximum absolute atomic E-state index is 11.7. The van der Waals surface area contributed by atoms with Gasteiger partial charge in [0.1, 0.15) is 11.8 Å². The van der Waals surface area contributed by atoms with E-state index in [2.05, 4.69) is 4.98 Å². The van der Waals surface area contributed by atoms with Crippen molar-refractivity contribution in [2.75, 3.05) is 11.7 Å². The molecule has 0 aliphatic rings. The van der Waals surface area contributed by atoms with Gasteiger partial charge in [-0.05, 0) is 12.1 Å². The van der Waals surface area contributed by atoms with Gasteiger partial charge < -0.3 is 5.73 Å². The number of hydrogen-bond donors (Lipinski definition) is 1. The van der Waals surface area contributed by atoms with Crippen molar-refractivity contribution in [1.29, 1.82) is 0 Å². The zero-order valence-electron chi connectivity index (χ0n) is 5.25. The fourth-order valence-corrected chi connectivity index (χ4v) is 1.08. The number of thioether (sulfide) groups is 1. The van der Waals surface area contributed by atoms with Crippen molar-refractivity contribution in [3.05, 3.63) is 18.3 Å². The molecule has 1 aromatic heterocycles. The molecule has 0 aliphatic heterocycles. The first kappa shape index (κ1) is 7.34. The molecule has 0 bridgehead atoms. The SMILES string of the molecule is Nc1ncccc1SCF. The number of hydrogen-bond acceptors (Lipinski definition) is 3. The van der Waals surface area contributed by atoms with Crippen molar-refractivity contribution in [3.63, 3.8) is 0 Å². The van der Waals surface area contributed by atoms with Crippen molar-refractivity contribution < 1.29 is 4.39 Å². The predicted octanol–water partition coefficient (Wildman–Crippen LogP) is 1.68. The van der Waals surface area contributed by atoms with Crippen LogP contribution >= 0.6 is 11.8 Å². The zero-order chi connectivity index (χ0) is 7.40. The molecule has 10 heavy (non-hydrogen) atoms. The molecule has 2 N–H and O–H groups in total. The van der Waals surface area contributed by atoms with Crippen LogP contribution in [0.2, 0.25) is 0 Å². The van der Waals surface area contributed by atoms with Gasteiger partial charge in [0, 0.05) is 6.20 Å². The Kier molecular flexibility index (Phi) is 2.50. The van der Waals surface area contributed by atoms with Gasteiger partial charge >= 0.3 is 0 Å². The number of aromatic nitrogens is 1. The highest BCUT2D eigenvalue weighted by Crippen LogP contribution is 2.21. The van der Waals surface area contributed by atoms with Crippen molar-refractivity contribution in [2.45, 2.75) is 4.90 Å². The predicted molar refractivity (Wildman–Crippen MR) is 40.5 cm³/mol. The number of nitrogen functional groups attached to an aromatic ring is 1. The monoisotopic (exact) mass is 158 g/mol. The van der Waals surface area contributed by atoms with Gasteiger partial charge in [0.2, 0.25) is 0 Å². The van der Waals surface area contributed by atoms with E-state index in [-0.39, 0.29) is 0 Å². The third-order valence-electron chi connectivity index (χ3n) is 1.01. The topological polar surface area (TPSA) is 38.9 Å². The van der Waals surface area contributed by atoms with E-state index >= 15 is 0 Å². The molecule has 0 aromatic carbocycles. The van der Waals surface area contributed by atoms with Crippen LogP contribution in [0, 0.1) is 0 Å². The van der Waals surface area contributed by atoms with Crippen LogP contribution < -0.4 is 5.73 Å². The normalized spacial score (nSPS) is 9.70. The Hall–Kier alpha value is -0.770. The summed E-state index contributed by atoms with van der Waals surface area (Å²) in [5, 5.41) is 0. The minimum absolute atomic E-state index is 0.394. The van der Waals surface area contributed by atoms with E-state index in [0.717, 1.165) is 11.8 Å². The highest BCUT2D eigenvalue weighted by atomic mass is 32.2. The summed E-state index contributed by atoms with van der Waals surface area (Å²) in [4.78, 5) is 4.49. The molecule has 0 radical (unpaired) electrons. The summed E-state index contributed by atoms with van der Waals surface area (Å²) in [5.74, 6) is 0.394. The largest absolute Gasteiger partial charge is 0.383 e. The number of nitrogens with two attached hydrogens (primary N) is 1. The van der Waals surface area contributed by atoms with Crippen LogP contribution in [0.3, 0.4) is 0 Å². The summed E-state index contributed by atoms with van der Waals surface area (Å²) in [6.45, 7) is 0. The average Bonchev–Trinajstić information content (AvgIpc) is 1.94. The third-order valence-corrected chi connectivity index (χ3v) is 1.78. The average molecular weight is 158 g/mol. The summed E-state index contributed by atoms with van der Waals surface area (Å²) >= 11 is 1.05. The molecular weight excluding hydrogens is 151 g/mol. The van der Waals surface area contributed by atoms with Gasteiger partial charge in [0.25, 0.3) is 0 Å². The van der Waals surface area contributed by atoms with E-state index < -0.39 is 6.01 Å². The van der Waals surface area contributed by atoms with Gasteiger partial charge in [-0.1, -0.05) is 11.8 Å². The van der Waals surface area contributed by atoms with Crippen molar-refractivity contribution in [2.24, 2.45) is 0 Å². The minimum atomic E-state index is -0.462. The van der Waals surface area contributed by atoms with Crippen LogP contribution in [0.1, 0.15) is 0 Å². The number of halogens is 1. The summed E-state index contributed by atoms with van der Waals surface area (Å²) in [6.07, 6.45) is 1.58. The van der Waals surface area contributed by atoms with Gasteiger partial charge in [0.05, 0.1) is 4.90 Å². The Morgan fingerprint density at radius 2 is 2.50 bits per heavy atom. The molecule has 1 rings (SSSR count). The van der Waals surface area contributed by atoms with Crippen molar-refractivity contribution in [3.8, 4) is 0 Å². The quantitative estimate of drug-likeness (QED) is 0.665. The molecule has 4 heteroatoms. The molecule has 0 fully saturated rings. The molecule has 0 saturated heterocycles. The number of nitrogens with zero attached hydrogens (tertiary/aromatic N) is 1. The summed E-state index contributed by atoms with van der Waals surface area (Å²) in [5.41, 5.74) is 5.41. The van der Waals surface area contributed by atoms with E-state index in [1.165, 1.54) is 0 Å². The van der Waals surface area contributed by atoms with Gasteiger partial charge in [-0.15, -0.1) is 0 Å². The molecule has 1 aromatic rings. The molecule has 0 spiro atoms. The highest BCUT2D eigenvalue weighted by Gasteiger charge is 1.96. The first-order valence-corrected chi connectivity index (χ1v) is 3.72. The Labute approximate surface area is 62.6 Å². The molecule has 54 valence electrons. The van der Waals surface area contributed by atoms with Crippen LogP contribution in [0.5, 0.6) is 0 Å². The first-order chi connectivity index (χ1) is 4.84. The number of anilines is 1. The van der Waals surface area contributed by atoms with E-state index in [0.29, 0.717) is 10.7 Å². The standard InChI is InChI=1S/C6H7FN2S/c7-4-10-5-2-1-3-9-6(5)8/h1-3H,4H2,(H2,8,9). The van der Waals surface area contributed by atoms with E-state index in [9.17, 15) is 4.39 Å². The summed E-state index contributed by atoms with van der Waals surface area (Å²) in [7, 11) is 0. The fraction of sp³-hybridized carbons (Fsp3) is 0.167. The Balaban J connectivity index is 2.81. The minimum Gasteiger partial charge on any atom is -0.383 e. The first-order valence-electron chi connectivity index (χ1n) is 2.74. The lowest BCUT2D eigenvalue weighted by atomic mass is 10.5. The molecule has 0 saturated carbocycles. The van der Waals surface area contributed by atoms with Crippen LogP contribution in [-0.2, 0) is 0 Å². The smallest absolute Gasteiger partial charge is 0.140 e. The molecule has 0 aliphatic carbocycles. The van der Waals surface area contributed by atoms with Gasteiger partial charge in [-0.25, -0.2) is 9.37 Å². The third kappa shape index (κ3) is 1.60. The lowest BCUT2D eigenvalue weighted by molar-refractivity contribution is 0.605. The molecule has 1 heterocycles. The van der Waals surface area contributed by atoms with Gasteiger partial charge in [-0.3, -0.25) is 0 Å². The van der Waals surface area contributed by atoms with Crippen LogP contribution in [0.4, 0.5) is 10.2 Å².